The maximum atomic E-state index is 12.8. The Balaban J connectivity index is 1.10. The maximum Gasteiger partial charge on any atom is 0.254 e. The summed E-state index contributed by atoms with van der Waals surface area (Å²) in [6.07, 6.45) is 6.31. The standard InChI is InChI=1S/C31H36N6O4/c32-29-27(30(33)39)28(22-8-10-25(11-9-22)41-24-5-2-1-3-6-24)34-37(29)23-19-31(20-23)12-14-36(21-31)26(38)7-4-13-35-15-17-40-18-16-35/h1-11,23H,12-21,32H2,(H2,33,39). The number of hydrogen-bond donors (Lipinski definition) is 2. The van der Waals surface area contributed by atoms with Crippen molar-refractivity contribution in [3.05, 3.63) is 72.3 Å². The first-order valence-electron chi connectivity index (χ1n) is 14.2. The lowest BCUT2D eigenvalue weighted by Crippen LogP contribution is -2.42. The Labute approximate surface area is 239 Å². The molecule has 2 aromatic carbocycles. The van der Waals surface area contributed by atoms with E-state index in [2.05, 4.69) is 4.90 Å². The highest BCUT2D eigenvalue weighted by Crippen LogP contribution is 2.54. The topological polar surface area (TPSA) is 129 Å². The minimum absolute atomic E-state index is 0.0504. The van der Waals surface area contributed by atoms with Gasteiger partial charge in [-0.1, -0.05) is 24.3 Å². The van der Waals surface area contributed by atoms with Crippen molar-refractivity contribution in [2.45, 2.75) is 25.3 Å². The van der Waals surface area contributed by atoms with Crippen molar-refractivity contribution >= 4 is 17.6 Å². The van der Waals surface area contributed by atoms with Crippen molar-refractivity contribution in [1.82, 2.24) is 19.6 Å². The number of rotatable bonds is 8. The number of primary amides is 1. The molecule has 1 saturated carbocycles. The van der Waals surface area contributed by atoms with Gasteiger partial charge < -0.3 is 25.8 Å². The summed E-state index contributed by atoms with van der Waals surface area (Å²) >= 11 is 0. The number of carbonyl (C=O) groups is 2. The molecular formula is C31H36N6O4. The fourth-order valence-electron chi connectivity index (χ4n) is 6.24. The quantitative estimate of drug-likeness (QED) is 0.407. The Morgan fingerprint density at radius 2 is 1.73 bits per heavy atom. The second kappa shape index (κ2) is 11.4. The first kappa shape index (κ1) is 27.0. The number of morpholine rings is 1. The van der Waals surface area contributed by atoms with Gasteiger partial charge in [-0.3, -0.25) is 14.5 Å². The van der Waals surface area contributed by atoms with Gasteiger partial charge in [0, 0.05) is 44.4 Å². The predicted octanol–water partition coefficient (Wildman–Crippen LogP) is 3.47. The van der Waals surface area contributed by atoms with Crippen molar-refractivity contribution in [3.8, 4) is 22.8 Å². The summed E-state index contributed by atoms with van der Waals surface area (Å²) in [6, 6.07) is 16.9. The number of para-hydroxylation sites is 1. The van der Waals surface area contributed by atoms with E-state index in [1.807, 2.05) is 65.6 Å². The van der Waals surface area contributed by atoms with E-state index in [1.165, 1.54) is 0 Å². The number of amides is 2. The lowest BCUT2D eigenvalue weighted by atomic mass is 9.65. The predicted molar refractivity (Wildman–Crippen MR) is 155 cm³/mol. The van der Waals surface area contributed by atoms with E-state index in [0.29, 0.717) is 11.4 Å². The van der Waals surface area contributed by atoms with Gasteiger partial charge in [-0.15, -0.1) is 0 Å². The van der Waals surface area contributed by atoms with Crippen LogP contribution >= 0.6 is 0 Å². The molecule has 1 aromatic heterocycles. The molecule has 10 nitrogen and oxygen atoms in total. The molecule has 0 atom stereocenters. The average molecular weight is 557 g/mol. The van der Waals surface area contributed by atoms with Crippen LogP contribution in [0.25, 0.3) is 11.3 Å². The van der Waals surface area contributed by atoms with Gasteiger partial charge in [0.1, 0.15) is 28.6 Å². The van der Waals surface area contributed by atoms with Crippen LogP contribution in [0.2, 0.25) is 0 Å². The number of nitrogens with two attached hydrogens (primary N) is 2. The van der Waals surface area contributed by atoms with Crippen LogP contribution < -0.4 is 16.2 Å². The number of anilines is 1. The number of nitrogens with zero attached hydrogens (tertiary/aromatic N) is 4. The van der Waals surface area contributed by atoms with Crippen molar-refractivity contribution in [1.29, 1.82) is 0 Å². The van der Waals surface area contributed by atoms with Gasteiger partial charge in [0.25, 0.3) is 5.91 Å². The molecule has 2 aliphatic heterocycles. The molecule has 3 aliphatic rings. The molecule has 2 saturated heterocycles. The van der Waals surface area contributed by atoms with Crippen molar-refractivity contribution < 1.29 is 19.1 Å². The molecule has 2 amide bonds. The van der Waals surface area contributed by atoms with Gasteiger partial charge in [0.2, 0.25) is 5.91 Å². The number of hydrogen-bond acceptors (Lipinski definition) is 7. The fraction of sp³-hybridized carbons (Fsp3) is 0.387. The van der Waals surface area contributed by atoms with Gasteiger partial charge in [0.05, 0.1) is 19.3 Å². The molecule has 1 spiro atoms. The van der Waals surface area contributed by atoms with Gasteiger partial charge >= 0.3 is 0 Å². The van der Waals surface area contributed by atoms with Gasteiger partial charge in [-0.2, -0.15) is 5.10 Å². The Bertz CT molecular complexity index is 1420. The molecule has 0 unspecified atom stereocenters. The highest BCUT2D eigenvalue weighted by atomic mass is 16.5. The summed E-state index contributed by atoms with van der Waals surface area (Å²) in [5.41, 5.74) is 13.7. The SMILES string of the molecule is NC(=O)c1c(-c2ccc(Oc3ccccc3)cc2)nn(C2CC3(CCN(C(=O)C=CCN4CCOCC4)C3)C2)c1N. The van der Waals surface area contributed by atoms with Crippen LogP contribution in [0.3, 0.4) is 0 Å². The Kier molecular flexibility index (Phi) is 7.51. The van der Waals surface area contributed by atoms with Gasteiger partial charge in [-0.25, -0.2) is 4.68 Å². The van der Waals surface area contributed by atoms with Crippen molar-refractivity contribution in [3.63, 3.8) is 0 Å². The maximum absolute atomic E-state index is 12.8. The van der Waals surface area contributed by atoms with Crippen LogP contribution in [0.5, 0.6) is 11.5 Å². The first-order chi connectivity index (χ1) is 19.9. The van der Waals surface area contributed by atoms with E-state index in [4.69, 9.17) is 26.0 Å². The lowest BCUT2D eigenvalue weighted by Gasteiger charge is -2.45. The van der Waals surface area contributed by atoms with Crippen molar-refractivity contribution in [2.24, 2.45) is 11.1 Å². The third-order valence-electron chi connectivity index (χ3n) is 8.46. The highest BCUT2D eigenvalue weighted by Gasteiger charge is 2.50. The van der Waals surface area contributed by atoms with Crippen LogP contribution in [0.4, 0.5) is 5.82 Å². The average Bonchev–Trinajstić information content (AvgIpc) is 3.56. The number of aromatic nitrogens is 2. The molecule has 10 heteroatoms. The van der Waals surface area contributed by atoms with E-state index >= 15 is 0 Å². The second-order valence-corrected chi connectivity index (χ2v) is 11.2. The molecule has 3 heterocycles. The van der Waals surface area contributed by atoms with Crippen LogP contribution in [0, 0.1) is 5.41 Å². The minimum Gasteiger partial charge on any atom is -0.457 e. The molecule has 3 aromatic rings. The molecule has 1 aliphatic carbocycles. The van der Waals surface area contributed by atoms with Crippen LogP contribution in [-0.4, -0.2) is 77.3 Å². The van der Waals surface area contributed by atoms with E-state index < -0.39 is 5.91 Å². The lowest BCUT2D eigenvalue weighted by molar-refractivity contribution is -0.125. The van der Waals surface area contributed by atoms with Crippen LogP contribution in [0.1, 0.15) is 35.7 Å². The summed E-state index contributed by atoms with van der Waals surface area (Å²) in [5, 5.41) is 4.78. The van der Waals surface area contributed by atoms with Gasteiger partial charge in [-0.05, 0) is 61.1 Å². The zero-order valence-electron chi connectivity index (χ0n) is 23.1. The monoisotopic (exact) mass is 556 g/mol. The number of nitrogen functional groups attached to an aromatic ring is 1. The Morgan fingerprint density at radius 1 is 1.02 bits per heavy atom. The van der Waals surface area contributed by atoms with E-state index in [-0.39, 0.29) is 28.7 Å². The molecule has 0 bridgehead atoms. The smallest absolute Gasteiger partial charge is 0.254 e. The molecule has 41 heavy (non-hydrogen) atoms. The molecule has 0 radical (unpaired) electrons. The zero-order chi connectivity index (χ0) is 28.4. The number of ether oxygens (including phenoxy) is 2. The van der Waals surface area contributed by atoms with E-state index in [1.54, 1.807) is 10.8 Å². The summed E-state index contributed by atoms with van der Waals surface area (Å²) < 4.78 is 13.0. The molecule has 4 N–H and O–H groups in total. The minimum atomic E-state index is -0.607. The summed E-state index contributed by atoms with van der Waals surface area (Å²) in [7, 11) is 0. The number of benzene rings is 2. The summed E-state index contributed by atoms with van der Waals surface area (Å²) in [6.45, 7) is 5.53. The first-order valence-corrected chi connectivity index (χ1v) is 14.2. The summed E-state index contributed by atoms with van der Waals surface area (Å²) in [5.74, 6) is 1.15. The normalized spacial score (nSPS) is 22.7. The molecular weight excluding hydrogens is 520 g/mol. The summed E-state index contributed by atoms with van der Waals surface area (Å²) in [4.78, 5) is 29.5. The third kappa shape index (κ3) is 5.71. The molecule has 6 rings (SSSR count). The molecule has 214 valence electrons. The second-order valence-electron chi connectivity index (χ2n) is 11.2. The van der Waals surface area contributed by atoms with Crippen molar-refractivity contribution in [2.75, 3.05) is 51.7 Å². The third-order valence-corrected chi connectivity index (χ3v) is 8.46. The van der Waals surface area contributed by atoms with E-state index in [0.717, 1.165) is 76.5 Å². The highest BCUT2D eigenvalue weighted by molar-refractivity contribution is 6.03. The fourth-order valence-corrected chi connectivity index (χ4v) is 6.24. The van der Waals surface area contributed by atoms with Crippen LogP contribution in [0.15, 0.2) is 66.7 Å². The largest absolute Gasteiger partial charge is 0.457 e. The van der Waals surface area contributed by atoms with Gasteiger partial charge in [0.15, 0.2) is 0 Å². The van der Waals surface area contributed by atoms with E-state index in [9.17, 15) is 9.59 Å². The Hall–Kier alpha value is -4.15. The molecule has 3 fully saturated rings. The van der Waals surface area contributed by atoms with Crippen LogP contribution in [-0.2, 0) is 9.53 Å². The number of carbonyl (C=O) groups excluding carboxylic acids is 2. The Morgan fingerprint density at radius 3 is 2.44 bits per heavy atom. The zero-order valence-corrected chi connectivity index (χ0v) is 23.1. The number of likely N-dealkylation sites (tertiary alicyclic amines) is 1.